The zero-order valence-electron chi connectivity index (χ0n) is 12.1. The van der Waals surface area contributed by atoms with Gasteiger partial charge in [0.15, 0.2) is 0 Å². The van der Waals surface area contributed by atoms with E-state index in [1.54, 1.807) is 0 Å². The summed E-state index contributed by atoms with van der Waals surface area (Å²) >= 11 is 0. The monoisotopic (exact) mass is 273 g/mol. The van der Waals surface area contributed by atoms with Crippen LogP contribution in [0.2, 0.25) is 0 Å². The maximum Gasteiger partial charge on any atom is 0.0550 e. The lowest BCUT2D eigenvalue weighted by atomic mass is 9.93. The van der Waals surface area contributed by atoms with E-state index in [9.17, 15) is 0 Å². The van der Waals surface area contributed by atoms with Crippen LogP contribution in [0.5, 0.6) is 0 Å². The van der Waals surface area contributed by atoms with Crippen LogP contribution in [0.4, 0.5) is 0 Å². The van der Waals surface area contributed by atoms with Crippen molar-refractivity contribution in [3.8, 4) is 0 Å². The molecule has 1 aromatic heterocycles. The third-order valence-corrected chi connectivity index (χ3v) is 3.93. The average Bonchev–Trinajstić information content (AvgIpc) is 2.56. The second-order valence-corrected chi connectivity index (χ2v) is 5.28. The van der Waals surface area contributed by atoms with Crippen LogP contribution in [-0.4, -0.2) is 4.98 Å². The van der Waals surface area contributed by atoms with E-state index in [1.165, 1.54) is 16.3 Å². The minimum Gasteiger partial charge on any atom is -0.260 e. The van der Waals surface area contributed by atoms with Crippen molar-refractivity contribution in [2.24, 2.45) is 0 Å². The van der Waals surface area contributed by atoms with Gasteiger partial charge in [-0.05, 0) is 29.9 Å². The van der Waals surface area contributed by atoms with Crippen LogP contribution in [0, 0.1) is 0 Å². The highest BCUT2D eigenvalue weighted by atomic mass is 14.7. The third-order valence-electron chi connectivity index (χ3n) is 3.93. The van der Waals surface area contributed by atoms with E-state index in [4.69, 9.17) is 0 Å². The number of hydrogen-bond donors (Lipinski definition) is 0. The molecule has 0 fully saturated rings. The normalized spacial score (nSPS) is 12.2. The summed E-state index contributed by atoms with van der Waals surface area (Å²) in [4.78, 5) is 4.62. The van der Waals surface area contributed by atoms with Crippen LogP contribution < -0.4 is 0 Å². The summed E-state index contributed by atoms with van der Waals surface area (Å²) < 4.78 is 0. The predicted molar refractivity (Wildman–Crippen MR) is 89.4 cm³/mol. The molecule has 21 heavy (non-hydrogen) atoms. The molecule has 0 unspecified atom stereocenters. The molecule has 0 aliphatic heterocycles. The van der Waals surface area contributed by atoms with Crippen LogP contribution in [0.15, 0.2) is 79.5 Å². The quantitative estimate of drug-likeness (QED) is 0.587. The average molecular weight is 273 g/mol. The molecule has 1 heteroatoms. The zero-order chi connectivity index (χ0) is 14.5. The number of aromatic nitrogens is 1. The number of fused-ring (bicyclic) bond motifs is 1. The number of rotatable bonds is 5. The summed E-state index contributed by atoms with van der Waals surface area (Å²) in [5, 5.41) is 2.48. The number of nitrogens with zero attached hydrogens (tertiary/aromatic N) is 1. The lowest BCUT2D eigenvalue weighted by Gasteiger charge is -2.14. The second kappa shape index (κ2) is 6.36. The second-order valence-electron chi connectivity index (χ2n) is 5.28. The van der Waals surface area contributed by atoms with Crippen LogP contribution in [-0.2, 0) is 6.42 Å². The molecule has 2 aromatic carbocycles. The summed E-state index contributed by atoms with van der Waals surface area (Å²) in [6.07, 6.45) is 6.01. The van der Waals surface area contributed by atoms with Gasteiger partial charge in [0.25, 0.3) is 0 Å². The number of hydrogen-bond acceptors (Lipinski definition) is 1. The molecule has 0 saturated carbocycles. The summed E-state index contributed by atoms with van der Waals surface area (Å²) in [5.74, 6) is 0.288. The van der Waals surface area contributed by atoms with Gasteiger partial charge in [-0.15, -0.1) is 6.58 Å². The predicted octanol–water partition coefficient (Wildman–Crippen LogP) is 5.14. The van der Waals surface area contributed by atoms with Gasteiger partial charge >= 0.3 is 0 Å². The van der Waals surface area contributed by atoms with Gasteiger partial charge in [0.1, 0.15) is 0 Å². The molecule has 3 aromatic rings. The molecule has 104 valence electrons. The summed E-state index contributed by atoms with van der Waals surface area (Å²) in [7, 11) is 0. The van der Waals surface area contributed by atoms with Gasteiger partial charge in [0, 0.05) is 17.5 Å². The first-order valence-electron chi connectivity index (χ1n) is 7.38. The van der Waals surface area contributed by atoms with Crippen LogP contribution in [0.3, 0.4) is 0 Å². The Kier molecular flexibility index (Phi) is 4.11. The topological polar surface area (TPSA) is 12.9 Å². The zero-order valence-corrected chi connectivity index (χ0v) is 12.1. The van der Waals surface area contributed by atoms with Gasteiger partial charge in [0.2, 0.25) is 0 Å². The van der Waals surface area contributed by atoms with E-state index in [0.29, 0.717) is 0 Å². The SMILES string of the molecule is C=C[C@H](CCc1ccccc1)c1nccc2ccccc12. The molecule has 0 N–H and O–H groups in total. The summed E-state index contributed by atoms with van der Waals surface area (Å²) in [6, 6.07) is 21.1. The molecule has 3 rings (SSSR count). The van der Waals surface area contributed by atoms with Crippen molar-refractivity contribution in [3.05, 3.63) is 90.8 Å². The molecule has 0 spiro atoms. The maximum absolute atomic E-state index is 4.62. The highest BCUT2D eigenvalue weighted by molar-refractivity contribution is 5.84. The van der Waals surface area contributed by atoms with Crippen LogP contribution >= 0.6 is 0 Å². The van der Waals surface area contributed by atoms with E-state index < -0.39 is 0 Å². The Morgan fingerprint density at radius 3 is 2.52 bits per heavy atom. The molecular formula is C20H19N. The fraction of sp³-hybridized carbons (Fsp3) is 0.150. The van der Waals surface area contributed by atoms with Gasteiger partial charge in [-0.2, -0.15) is 0 Å². The van der Waals surface area contributed by atoms with Crippen molar-refractivity contribution in [2.75, 3.05) is 0 Å². The Labute approximate surface area is 126 Å². The van der Waals surface area contributed by atoms with Gasteiger partial charge < -0.3 is 0 Å². The van der Waals surface area contributed by atoms with Gasteiger partial charge in [0.05, 0.1) is 5.69 Å². The molecule has 0 amide bonds. The maximum atomic E-state index is 4.62. The van der Waals surface area contributed by atoms with E-state index in [-0.39, 0.29) is 5.92 Å². The lowest BCUT2D eigenvalue weighted by Crippen LogP contribution is -2.01. The molecule has 0 radical (unpaired) electrons. The number of aryl methyl sites for hydroxylation is 1. The Morgan fingerprint density at radius 1 is 0.952 bits per heavy atom. The van der Waals surface area contributed by atoms with Gasteiger partial charge in [-0.3, -0.25) is 4.98 Å². The van der Waals surface area contributed by atoms with E-state index in [0.717, 1.165) is 18.5 Å². The van der Waals surface area contributed by atoms with Crippen LogP contribution in [0.1, 0.15) is 23.6 Å². The first kappa shape index (κ1) is 13.6. The first-order chi connectivity index (χ1) is 10.4. The fourth-order valence-corrected chi connectivity index (χ4v) is 2.77. The van der Waals surface area contributed by atoms with Gasteiger partial charge in [-0.25, -0.2) is 0 Å². The largest absolute Gasteiger partial charge is 0.260 e. The van der Waals surface area contributed by atoms with E-state index >= 15 is 0 Å². The van der Waals surface area contributed by atoms with Crippen molar-refractivity contribution in [1.29, 1.82) is 0 Å². The smallest absolute Gasteiger partial charge is 0.0550 e. The first-order valence-corrected chi connectivity index (χ1v) is 7.38. The summed E-state index contributed by atoms with van der Waals surface area (Å²) in [6.45, 7) is 4.02. The summed E-state index contributed by atoms with van der Waals surface area (Å²) in [5.41, 5.74) is 2.50. The minimum absolute atomic E-state index is 0.288. The van der Waals surface area contributed by atoms with Crippen molar-refractivity contribution in [1.82, 2.24) is 4.98 Å². The molecule has 1 nitrogen and oxygen atoms in total. The standard InChI is InChI=1S/C20H19N/c1-2-17(13-12-16-8-4-3-5-9-16)20-19-11-7-6-10-18(19)14-15-21-20/h2-11,14-15,17H,1,12-13H2/t17-/m1/s1. The van der Waals surface area contributed by atoms with E-state index in [2.05, 4.69) is 72.2 Å². The fourth-order valence-electron chi connectivity index (χ4n) is 2.77. The van der Waals surface area contributed by atoms with E-state index in [1.807, 2.05) is 12.3 Å². The van der Waals surface area contributed by atoms with Crippen LogP contribution in [0.25, 0.3) is 10.8 Å². The molecule has 0 aliphatic rings. The van der Waals surface area contributed by atoms with Crippen molar-refractivity contribution in [2.45, 2.75) is 18.8 Å². The Balaban J connectivity index is 1.86. The van der Waals surface area contributed by atoms with Crippen molar-refractivity contribution < 1.29 is 0 Å². The Morgan fingerprint density at radius 2 is 1.71 bits per heavy atom. The number of pyridine rings is 1. The molecule has 1 heterocycles. The highest BCUT2D eigenvalue weighted by Gasteiger charge is 2.12. The number of allylic oxidation sites excluding steroid dienone is 1. The highest BCUT2D eigenvalue weighted by Crippen LogP contribution is 2.27. The molecule has 1 atom stereocenters. The molecule has 0 bridgehead atoms. The molecule has 0 aliphatic carbocycles. The Hall–Kier alpha value is -2.41. The van der Waals surface area contributed by atoms with Crippen molar-refractivity contribution >= 4 is 10.8 Å². The lowest BCUT2D eigenvalue weighted by molar-refractivity contribution is 0.723. The third kappa shape index (κ3) is 3.03. The molecular weight excluding hydrogens is 254 g/mol. The minimum atomic E-state index is 0.288. The van der Waals surface area contributed by atoms with Gasteiger partial charge in [-0.1, -0.05) is 60.7 Å². The Bertz CT molecular complexity index is 726. The van der Waals surface area contributed by atoms with Crippen molar-refractivity contribution in [3.63, 3.8) is 0 Å². The molecule has 0 saturated heterocycles. The number of benzene rings is 2.